The average molecular weight is 381 g/mol. The molecule has 4 nitrogen and oxygen atoms in total. The summed E-state index contributed by atoms with van der Waals surface area (Å²) in [5.41, 5.74) is 1.90. The SMILES string of the molecule is CC(=O)N1C(=O)C(c2ccc[nH]2)=C[C@@]2(C)C1CC[C@@H]1[C@H]2CC[C@]2(C)CCC[C@@H]12. The standard InChI is InChI=1S/C24H32N2O2/c1-15(27)26-21-9-8-16-18-6-4-11-23(18,2)12-10-19(16)24(21,3)14-17(22(26)28)20-7-5-13-25-20/h5,7,13-14,16,18-19,21,25H,4,6,8-12H2,1-3H3/t16-,18-,19+,21?,23-,24+/m0/s1. The van der Waals surface area contributed by atoms with Gasteiger partial charge in [-0.1, -0.05) is 26.3 Å². The summed E-state index contributed by atoms with van der Waals surface area (Å²) in [5.74, 6) is 1.86. The van der Waals surface area contributed by atoms with E-state index in [0.29, 0.717) is 16.9 Å². The van der Waals surface area contributed by atoms with Crippen LogP contribution in [0.3, 0.4) is 0 Å². The highest BCUT2D eigenvalue weighted by molar-refractivity contribution is 6.24. The van der Waals surface area contributed by atoms with Gasteiger partial charge in [-0.3, -0.25) is 14.5 Å². The number of amides is 2. The van der Waals surface area contributed by atoms with E-state index in [9.17, 15) is 9.59 Å². The molecule has 2 amide bonds. The van der Waals surface area contributed by atoms with E-state index in [1.165, 1.54) is 32.1 Å². The Labute approximate surface area is 167 Å². The van der Waals surface area contributed by atoms with Gasteiger partial charge in [0.05, 0.1) is 11.3 Å². The van der Waals surface area contributed by atoms with Crippen LogP contribution in [0.2, 0.25) is 0 Å². The number of imide groups is 1. The number of H-pyrrole nitrogens is 1. The second kappa shape index (κ2) is 6.08. The smallest absolute Gasteiger partial charge is 0.262 e. The van der Waals surface area contributed by atoms with E-state index in [1.807, 2.05) is 18.3 Å². The summed E-state index contributed by atoms with van der Waals surface area (Å²) >= 11 is 0. The number of carbonyl (C=O) groups is 2. The maximum atomic E-state index is 13.3. The molecule has 3 fully saturated rings. The van der Waals surface area contributed by atoms with Crippen LogP contribution in [0.15, 0.2) is 24.4 Å². The summed E-state index contributed by atoms with van der Waals surface area (Å²) in [6.07, 6.45) is 12.8. The minimum Gasteiger partial charge on any atom is -0.361 e. The van der Waals surface area contributed by atoms with Gasteiger partial charge in [0, 0.05) is 24.6 Å². The number of rotatable bonds is 1. The highest BCUT2D eigenvalue weighted by Crippen LogP contribution is 2.64. The fourth-order valence-electron chi connectivity index (χ4n) is 7.67. The van der Waals surface area contributed by atoms with Crippen molar-refractivity contribution < 1.29 is 9.59 Å². The van der Waals surface area contributed by atoms with Gasteiger partial charge in [0.25, 0.3) is 5.91 Å². The van der Waals surface area contributed by atoms with Crippen LogP contribution in [0.4, 0.5) is 0 Å². The molecule has 28 heavy (non-hydrogen) atoms. The van der Waals surface area contributed by atoms with Crippen molar-refractivity contribution >= 4 is 17.4 Å². The lowest BCUT2D eigenvalue weighted by atomic mass is 9.48. The fourth-order valence-corrected chi connectivity index (χ4v) is 7.67. The van der Waals surface area contributed by atoms with Gasteiger partial charge < -0.3 is 4.98 Å². The normalized spacial score (nSPS) is 42.5. The Hall–Kier alpha value is -1.84. The van der Waals surface area contributed by atoms with Crippen LogP contribution < -0.4 is 0 Å². The molecular weight excluding hydrogens is 348 g/mol. The van der Waals surface area contributed by atoms with Crippen LogP contribution in [-0.4, -0.2) is 27.7 Å². The number of hydrogen-bond acceptors (Lipinski definition) is 2. The van der Waals surface area contributed by atoms with E-state index in [2.05, 4.69) is 24.9 Å². The summed E-state index contributed by atoms with van der Waals surface area (Å²) in [7, 11) is 0. The molecule has 4 heteroatoms. The molecule has 0 aromatic carbocycles. The van der Waals surface area contributed by atoms with Crippen molar-refractivity contribution in [2.75, 3.05) is 0 Å². The number of aromatic nitrogens is 1. The third kappa shape index (κ3) is 2.36. The molecule has 0 saturated heterocycles. The van der Waals surface area contributed by atoms with Crippen LogP contribution in [0.5, 0.6) is 0 Å². The Balaban J connectivity index is 1.61. The van der Waals surface area contributed by atoms with E-state index in [4.69, 9.17) is 0 Å². The average Bonchev–Trinajstić information content (AvgIpc) is 3.30. The Morgan fingerprint density at radius 2 is 1.96 bits per heavy atom. The predicted octanol–water partition coefficient (Wildman–Crippen LogP) is 4.79. The predicted molar refractivity (Wildman–Crippen MR) is 109 cm³/mol. The lowest BCUT2D eigenvalue weighted by molar-refractivity contribution is -0.153. The molecule has 150 valence electrons. The lowest BCUT2D eigenvalue weighted by Crippen LogP contribution is -2.61. The Kier molecular flexibility index (Phi) is 3.95. The van der Waals surface area contributed by atoms with Gasteiger partial charge in [-0.25, -0.2) is 0 Å². The molecule has 2 heterocycles. The van der Waals surface area contributed by atoms with Crippen molar-refractivity contribution in [2.45, 2.75) is 71.8 Å². The van der Waals surface area contributed by atoms with Crippen molar-refractivity contribution in [3.63, 3.8) is 0 Å². The monoisotopic (exact) mass is 380 g/mol. The summed E-state index contributed by atoms with van der Waals surface area (Å²) in [6, 6.07) is 3.87. The number of hydrogen-bond donors (Lipinski definition) is 1. The quantitative estimate of drug-likeness (QED) is 0.762. The number of fused-ring (bicyclic) bond motifs is 5. The number of aromatic amines is 1. The first-order chi connectivity index (χ1) is 13.3. The van der Waals surface area contributed by atoms with Crippen LogP contribution in [0.1, 0.15) is 71.4 Å². The first kappa shape index (κ1) is 18.2. The van der Waals surface area contributed by atoms with Crippen LogP contribution in [-0.2, 0) is 9.59 Å². The largest absolute Gasteiger partial charge is 0.361 e. The van der Waals surface area contributed by atoms with E-state index in [1.54, 1.807) is 11.8 Å². The minimum atomic E-state index is -0.132. The second-order valence-electron chi connectivity index (χ2n) is 10.3. The van der Waals surface area contributed by atoms with Gasteiger partial charge >= 0.3 is 0 Å². The van der Waals surface area contributed by atoms with Gasteiger partial charge in [0.15, 0.2) is 0 Å². The fraction of sp³-hybridized carbons (Fsp3) is 0.667. The lowest BCUT2D eigenvalue weighted by Gasteiger charge is -2.60. The molecule has 3 aliphatic carbocycles. The third-order valence-corrected chi connectivity index (χ3v) is 8.95. The van der Waals surface area contributed by atoms with Gasteiger partial charge in [0.2, 0.25) is 5.91 Å². The zero-order chi connectivity index (χ0) is 19.7. The topological polar surface area (TPSA) is 53.2 Å². The van der Waals surface area contributed by atoms with Crippen molar-refractivity contribution in [2.24, 2.45) is 28.6 Å². The molecule has 3 saturated carbocycles. The zero-order valence-corrected chi connectivity index (χ0v) is 17.3. The summed E-state index contributed by atoms with van der Waals surface area (Å²) in [6.45, 7) is 6.40. The van der Waals surface area contributed by atoms with Gasteiger partial charge in [0.1, 0.15) is 0 Å². The van der Waals surface area contributed by atoms with Crippen molar-refractivity contribution in [1.29, 1.82) is 0 Å². The van der Waals surface area contributed by atoms with Crippen molar-refractivity contribution in [3.8, 4) is 0 Å². The molecule has 4 aliphatic rings. The molecule has 0 radical (unpaired) electrons. The highest BCUT2D eigenvalue weighted by atomic mass is 16.2. The molecule has 1 aliphatic heterocycles. The van der Waals surface area contributed by atoms with Gasteiger partial charge in [-0.2, -0.15) is 0 Å². The minimum absolute atomic E-state index is 0.00298. The number of nitrogens with one attached hydrogen (secondary N) is 1. The van der Waals surface area contributed by atoms with Crippen LogP contribution in [0.25, 0.3) is 5.57 Å². The van der Waals surface area contributed by atoms with Crippen molar-refractivity contribution in [3.05, 3.63) is 30.1 Å². The number of carbonyl (C=O) groups excluding carboxylic acids is 2. The third-order valence-electron chi connectivity index (χ3n) is 8.95. The van der Waals surface area contributed by atoms with Gasteiger partial charge in [-0.15, -0.1) is 0 Å². The maximum absolute atomic E-state index is 13.3. The molecule has 1 N–H and O–H groups in total. The zero-order valence-electron chi connectivity index (χ0n) is 17.3. The molecule has 1 aromatic rings. The Morgan fingerprint density at radius 1 is 1.14 bits per heavy atom. The number of nitrogens with zero attached hydrogens (tertiary/aromatic N) is 1. The molecule has 1 unspecified atom stereocenters. The van der Waals surface area contributed by atoms with E-state index in [-0.39, 0.29) is 23.3 Å². The van der Waals surface area contributed by atoms with Crippen LogP contribution >= 0.6 is 0 Å². The second-order valence-corrected chi connectivity index (χ2v) is 10.3. The van der Waals surface area contributed by atoms with E-state index >= 15 is 0 Å². The van der Waals surface area contributed by atoms with E-state index in [0.717, 1.165) is 30.4 Å². The van der Waals surface area contributed by atoms with Crippen molar-refractivity contribution in [1.82, 2.24) is 9.88 Å². The molecular formula is C24H32N2O2. The Morgan fingerprint density at radius 3 is 2.68 bits per heavy atom. The highest BCUT2D eigenvalue weighted by Gasteiger charge is 2.59. The molecule has 0 spiro atoms. The summed E-state index contributed by atoms with van der Waals surface area (Å²) in [4.78, 5) is 30.6. The van der Waals surface area contributed by atoms with Crippen LogP contribution in [0, 0.1) is 28.6 Å². The molecule has 6 atom stereocenters. The first-order valence-corrected chi connectivity index (χ1v) is 11.1. The summed E-state index contributed by atoms with van der Waals surface area (Å²) in [5, 5.41) is 0. The Bertz CT molecular complexity index is 841. The molecule has 0 bridgehead atoms. The van der Waals surface area contributed by atoms with Gasteiger partial charge in [-0.05, 0) is 73.8 Å². The maximum Gasteiger partial charge on any atom is 0.262 e. The first-order valence-electron chi connectivity index (χ1n) is 11.1. The molecule has 1 aromatic heterocycles. The molecule has 5 rings (SSSR count). The summed E-state index contributed by atoms with van der Waals surface area (Å²) < 4.78 is 0. The van der Waals surface area contributed by atoms with E-state index < -0.39 is 0 Å².